The number of amides is 1. The highest BCUT2D eigenvalue weighted by atomic mass is 16.1. The molecule has 0 heterocycles. The smallest absolute Gasteiger partial charge is 0.218 e. The topological polar surface area (TPSA) is 66.9 Å². The zero-order valence-electron chi connectivity index (χ0n) is 7.00. The lowest BCUT2D eigenvalue weighted by molar-refractivity contribution is -0.118. The Bertz CT molecular complexity index is 169. The van der Waals surface area contributed by atoms with E-state index in [1.807, 2.05) is 13.8 Å². The summed E-state index contributed by atoms with van der Waals surface area (Å²) >= 11 is 0. The molecule has 3 nitrogen and oxygen atoms in total. The van der Waals surface area contributed by atoms with E-state index in [9.17, 15) is 4.79 Å². The lowest BCUT2D eigenvalue weighted by Crippen LogP contribution is -2.16. The fourth-order valence-corrected chi connectivity index (χ4v) is 0.994. The molecule has 11 heavy (non-hydrogen) atoms. The number of carbonyl (C=O) groups is 1. The van der Waals surface area contributed by atoms with Crippen molar-refractivity contribution in [2.75, 3.05) is 0 Å². The van der Waals surface area contributed by atoms with Crippen LogP contribution in [-0.4, -0.2) is 5.91 Å². The highest BCUT2D eigenvalue weighted by Crippen LogP contribution is 2.13. The molecule has 2 N–H and O–H groups in total. The Balaban J connectivity index is 3.79. The van der Waals surface area contributed by atoms with Crippen LogP contribution in [0.4, 0.5) is 0 Å². The third-order valence-corrected chi connectivity index (χ3v) is 1.39. The van der Waals surface area contributed by atoms with Gasteiger partial charge in [0.25, 0.3) is 0 Å². The zero-order valence-corrected chi connectivity index (χ0v) is 7.00. The molecule has 62 valence electrons. The minimum Gasteiger partial charge on any atom is -0.370 e. The Morgan fingerprint density at radius 1 is 1.64 bits per heavy atom. The number of nitrogens with zero attached hydrogens (tertiary/aromatic N) is 1. The summed E-state index contributed by atoms with van der Waals surface area (Å²) in [5.74, 6) is -0.149. The molecule has 0 aromatic carbocycles. The summed E-state index contributed by atoms with van der Waals surface area (Å²) in [6.45, 7) is 4.04. The molecule has 0 rings (SSSR count). The summed E-state index contributed by atoms with van der Waals surface area (Å²) < 4.78 is 0. The second-order valence-corrected chi connectivity index (χ2v) is 3.13. The average Bonchev–Trinajstić information content (AvgIpc) is 1.84. The summed E-state index contributed by atoms with van der Waals surface area (Å²) in [7, 11) is 0. The number of primary amides is 1. The largest absolute Gasteiger partial charge is 0.370 e. The molecule has 0 radical (unpaired) electrons. The Hall–Kier alpha value is -1.04. The average molecular weight is 154 g/mol. The number of rotatable bonds is 4. The van der Waals surface area contributed by atoms with E-state index in [-0.39, 0.29) is 12.3 Å². The predicted octanol–water partition coefficient (Wildman–Crippen LogP) is 1.05. The van der Waals surface area contributed by atoms with Gasteiger partial charge in [-0.05, 0) is 12.3 Å². The molecule has 0 saturated heterocycles. The maximum absolute atomic E-state index is 10.4. The molecule has 0 aliphatic heterocycles. The van der Waals surface area contributed by atoms with Crippen LogP contribution in [0.25, 0.3) is 0 Å². The van der Waals surface area contributed by atoms with Crippen LogP contribution < -0.4 is 5.73 Å². The van der Waals surface area contributed by atoms with Crippen molar-refractivity contribution in [1.82, 2.24) is 0 Å². The first-order chi connectivity index (χ1) is 5.06. The van der Waals surface area contributed by atoms with E-state index in [1.54, 1.807) is 0 Å². The van der Waals surface area contributed by atoms with E-state index >= 15 is 0 Å². The number of carbonyl (C=O) groups excluding carboxylic acids is 1. The molecule has 1 atom stereocenters. The van der Waals surface area contributed by atoms with E-state index in [1.165, 1.54) is 0 Å². The van der Waals surface area contributed by atoms with Crippen LogP contribution in [0.1, 0.15) is 26.7 Å². The van der Waals surface area contributed by atoms with Crippen molar-refractivity contribution in [2.24, 2.45) is 17.6 Å². The van der Waals surface area contributed by atoms with Gasteiger partial charge in [0.2, 0.25) is 5.91 Å². The molecule has 0 aromatic rings. The Labute approximate surface area is 67.2 Å². The molecule has 1 amide bonds. The Morgan fingerprint density at radius 3 is 2.45 bits per heavy atom. The molecule has 0 spiro atoms. The quantitative estimate of drug-likeness (QED) is 0.657. The van der Waals surface area contributed by atoms with Crippen LogP contribution in [0.15, 0.2) is 0 Å². The third-order valence-electron chi connectivity index (χ3n) is 1.39. The van der Waals surface area contributed by atoms with Gasteiger partial charge >= 0.3 is 0 Å². The van der Waals surface area contributed by atoms with Crippen LogP contribution in [-0.2, 0) is 4.79 Å². The second-order valence-electron chi connectivity index (χ2n) is 3.13. The summed E-state index contributed by atoms with van der Waals surface area (Å²) in [4.78, 5) is 10.4. The van der Waals surface area contributed by atoms with Crippen LogP contribution >= 0.6 is 0 Å². The van der Waals surface area contributed by atoms with E-state index in [0.29, 0.717) is 5.92 Å². The molecular formula is C8H14N2O. The summed E-state index contributed by atoms with van der Waals surface area (Å²) in [6, 6.07) is 2.06. The van der Waals surface area contributed by atoms with Gasteiger partial charge in [0.1, 0.15) is 0 Å². The molecular weight excluding hydrogens is 140 g/mol. The maximum Gasteiger partial charge on any atom is 0.218 e. The monoisotopic (exact) mass is 154 g/mol. The SMILES string of the molecule is CC(C)CC(C#N)CC(N)=O. The molecule has 3 heteroatoms. The van der Waals surface area contributed by atoms with Gasteiger partial charge in [0.05, 0.1) is 12.0 Å². The van der Waals surface area contributed by atoms with Gasteiger partial charge < -0.3 is 5.73 Å². The van der Waals surface area contributed by atoms with Crippen molar-refractivity contribution in [2.45, 2.75) is 26.7 Å². The number of nitrogens with two attached hydrogens (primary N) is 1. The van der Waals surface area contributed by atoms with E-state index in [2.05, 4.69) is 6.07 Å². The van der Waals surface area contributed by atoms with Gasteiger partial charge in [-0.25, -0.2) is 0 Å². The van der Waals surface area contributed by atoms with E-state index in [4.69, 9.17) is 11.0 Å². The van der Waals surface area contributed by atoms with Crippen molar-refractivity contribution < 1.29 is 4.79 Å². The lowest BCUT2D eigenvalue weighted by Gasteiger charge is -2.08. The van der Waals surface area contributed by atoms with Gasteiger partial charge in [-0.15, -0.1) is 0 Å². The maximum atomic E-state index is 10.4. The van der Waals surface area contributed by atoms with Crippen LogP contribution in [0, 0.1) is 23.2 Å². The van der Waals surface area contributed by atoms with Crippen LogP contribution in [0.5, 0.6) is 0 Å². The Kier molecular flexibility index (Phi) is 4.28. The first-order valence-electron chi connectivity index (χ1n) is 3.74. The van der Waals surface area contributed by atoms with Gasteiger partial charge in [-0.2, -0.15) is 5.26 Å². The number of hydrogen-bond donors (Lipinski definition) is 1. The third kappa shape index (κ3) is 5.41. The minimum absolute atomic E-state index is 0.189. The minimum atomic E-state index is -0.391. The van der Waals surface area contributed by atoms with Crippen molar-refractivity contribution >= 4 is 5.91 Å². The number of nitriles is 1. The first kappa shape index (κ1) is 9.96. The normalized spacial score (nSPS) is 12.5. The zero-order chi connectivity index (χ0) is 8.85. The molecule has 0 fully saturated rings. The molecule has 0 saturated carbocycles. The van der Waals surface area contributed by atoms with Gasteiger partial charge in [0, 0.05) is 6.42 Å². The van der Waals surface area contributed by atoms with Crippen LogP contribution in [0.2, 0.25) is 0 Å². The molecule has 0 aliphatic rings. The van der Waals surface area contributed by atoms with Crippen molar-refractivity contribution in [3.8, 4) is 6.07 Å². The molecule has 0 aromatic heterocycles. The van der Waals surface area contributed by atoms with Crippen LogP contribution in [0.3, 0.4) is 0 Å². The summed E-state index contributed by atoms with van der Waals surface area (Å²) in [6.07, 6.45) is 0.939. The Morgan fingerprint density at radius 2 is 2.18 bits per heavy atom. The van der Waals surface area contributed by atoms with Crippen molar-refractivity contribution in [3.63, 3.8) is 0 Å². The van der Waals surface area contributed by atoms with E-state index < -0.39 is 5.91 Å². The standard InChI is InChI=1S/C8H14N2O/c1-6(2)3-7(5-9)4-8(10)11/h6-7H,3-4H2,1-2H3,(H2,10,11). The van der Waals surface area contributed by atoms with Gasteiger partial charge in [0.15, 0.2) is 0 Å². The summed E-state index contributed by atoms with van der Waals surface area (Å²) in [5, 5.41) is 8.57. The highest BCUT2D eigenvalue weighted by Gasteiger charge is 2.11. The fraction of sp³-hybridized carbons (Fsp3) is 0.750. The van der Waals surface area contributed by atoms with E-state index in [0.717, 1.165) is 6.42 Å². The van der Waals surface area contributed by atoms with Crippen molar-refractivity contribution in [3.05, 3.63) is 0 Å². The second kappa shape index (κ2) is 4.73. The first-order valence-corrected chi connectivity index (χ1v) is 3.74. The molecule has 0 aliphatic carbocycles. The lowest BCUT2D eigenvalue weighted by atomic mass is 9.95. The van der Waals surface area contributed by atoms with Crippen molar-refractivity contribution in [1.29, 1.82) is 5.26 Å². The summed E-state index contributed by atoms with van der Waals surface area (Å²) in [5.41, 5.74) is 4.95. The van der Waals surface area contributed by atoms with Gasteiger partial charge in [-0.1, -0.05) is 13.8 Å². The highest BCUT2D eigenvalue weighted by molar-refractivity contribution is 5.74. The van der Waals surface area contributed by atoms with Gasteiger partial charge in [-0.3, -0.25) is 4.79 Å². The molecule has 0 bridgehead atoms. The fourth-order valence-electron chi connectivity index (χ4n) is 0.994. The predicted molar refractivity (Wildman–Crippen MR) is 42.4 cm³/mol. The molecule has 1 unspecified atom stereocenters. The number of hydrogen-bond acceptors (Lipinski definition) is 2.